The van der Waals surface area contributed by atoms with Gasteiger partial charge in [0.2, 0.25) is 0 Å². The zero-order valence-electron chi connectivity index (χ0n) is 7.18. The summed E-state index contributed by atoms with van der Waals surface area (Å²) in [6.07, 6.45) is 4.85. The van der Waals surface area contributed by atoms with Gasteiger partial charge in [0.05, 0.1) is 0 Å². The van der Waals surface area contributed by atoms with Crippen LogP contribution in [0, 0.1) is 5.92 Å². The number of carboxylic acid groups (broad SMARTS) is 1. The summed E-state index contributed by atoms with van der Waals surface area (Å²) in [5.74, 6) is 0.0721. The fourth-order valence-electron chi connectivity index (χ4n) is 1.70. The predicted octanol–water partition coefficient (Wildman–Crippen LogP) is 1.66. The number of aromatic nitrogens is 1. The van der Waals surface area contributed by atoms with E-state index in [4.69, 9.17) is 5.11 Å². The lowest BCUT2D eigenvalue weighted by Crippen LogP contribution is -1.96. The number of rotatable bonds is 3. The Bertz CT molecular complexity index is 310. The highest BCUT2D eigenvalue weighted by Crippen LogP contribution is 2.49. The van der Waals surface area contributed by atoms with Crippen LogP contribution in [0.25, 0.3) is 0 Å². The summed E-state index contributed by atoms with van der Waals surface area (Å²) in [6.45, 7) is 0. The van der Waals surface area contributed by atoms with Crippen LogP contribution in [0.2, 0.25) is 0 Å². The van der Waals surface area contributed by atoms with Crippen LogP contribution in [0.15, 0.2) is 24.5 Å². The summed E-state index contributed by atoms with van der Waals surface area (Å²) >= 11 is 0. The highest BCUT2D eigenvalue weighted by Gasteiger charge is 2.39. The van der Waals surface area contributed by atoms with Crippen molar-refractivity contribution in [2.75, 3.05) is 0 Å². The van der Waals surface area contributed by atoms with Crippen LogP contribution in [0.1, 0.15) is 24.3 Å². The van der Waals surface area contributed by atoms with Gasteiger partial charge in [-0.05, 0) is 29.9 Å². The normalized spacial score (nSPS) is 25.5. The Morgan fingerprint density at radius 3 is 3.15 bits per heavy atom. The third-order valence-corrected chi connectivity index (χ3v) is 2.47. The minimum atomic E-state index is -0.698. The second-order valence-corrected chi connectivity index (χ2v) is 3.49. The smallest absolute Gasteiger partial charge is 0.303 e. The van der Waals surface area contributed by atoms with Gasteiger partial charge in [-0.2, -0.15) is 0 Å². The molecule has 0 aliphatic heterocycles. The van der Waals surface area contributed by atoms with Gasteiger partial charge in [-0.15, -0.1) is 0 Å². The highest BCUT2D eigenvalue weighted by atomic mass is 16.4. The summed E-state index contributed by atoms with van der Waals surface area (Å²) < 4.78 is 0. The van der Waals surface area contributed by atoms with Crippen LogP contribution in [0.4, 0.5) is 0 Å². The lowest BCUT2D eigenvalue weighted by atomic mass is 10.1. The van der Waals surface area contributed by atoms with Gasteiger partial charge in [0.1, 0.15) is 0 Å². The molecular weight excluding hydrogens is 166 g/mol. The maximum Gasteiger partial charge on any atom is 0.303 e. The van der Waals surface area contributed by atoms with E-state index in [0.717, 1.165) is 6.42 Å². The number of aliphatic carboxylic acids is 1. The van der Waals surface area contributed by atoms with Crippen molar-refractivity contribution in [1.29, 1.82) is 0 Å². The van der Waals surface area contributed by atoms with Gasteiger partial charge in [0.25, 0.3) is 0 Å². The van der Waals surface area contributed by atoms with Gasteiger partial charge in [0.15, 0.2) is 0 Å². The maximum atomic E-state index is 10.4. The third kappa shape index (κ3) is 1.86. The number of hydrogen-bond donors (Lipinski definition) is 1. The topological polar surface area (TPSA) is 50.2 Å². The summed E-state index contributed by atoms with van der Waals surface area (Å²) in [7, 11) is 0. The zero-order valence-corrected chi connectivity index (χ0v) is 7.18. The molecule has 68 valence electrons. The van der Waals surface area contributed by atoms with E-state index in [-0.39, 0.29) is 0 Å². The third-order valence-electron chi connectivity index (χ3n) is 2.47. The number of carbonyl (C=O) groups is 1. The molecule has 3 nitrogen and oxygen atoms in total. The van der Waals surface area contributed by atoms with Gasteiger partial charge < -0.3 is 5.11 Å². The molecule has 0 radical (unpaired) electrons. The van der Waals surface area contributed by atoms with Crippen LogP contribution in [-0.4, -0.2) is 16.1 Å². The number of nitrogens with zero attached hydrogens (tertiary/aromatic N) is 1. The lowest BCUT2D eigenvalue weighted by Gasteiger charge is -1.96. The van der Waals surface area contributed by atoms with Gasteiger partial charge in [0, 0.05) is 18.8 Å². The second-order valence-electron chi connectivity index (χ2n) is 3.49. The molecule has 3 heteroatoms. The van der Waals surface area contributed by atoms with Crippen molar-refractivity contribution >= 4 is 5.97 Å². The summed E-state index contributed by atoms with van der Waals surface area (Å²) in [5, 5.41) is 8.57. The Hall–Kier alpha value is -1.38. The minimum absolute atomic E-state index is 0.291. The average Bonchev–Trinajstić information content (AvgIpc) is 2.84. The second kappa shape index (κ2) is 3.17. The van der Waals surface area contributed by atoms with E-state index >= 15 is 0 Å². The quantitative estimate of drug-likeness (QED) is 0.763. The molecule has 1 N–H and O–H groups in total. The fraction of sp³-hybridized carbons (Fsp3) is 0.400. The van der Waals surface area contributed by atoms with Crippen molar-refractivity contribution < 1.29 is 9.90 Å². The van der Waals surface area contributed by atoms with Gasteiger partial charge >= 0.3 is 5.97 Å². The Morgan fingerprint density at radius 2 is 2.54 bits per heavy atom. The Balaban J connectivity index is 1.97. The molecule has 0 saturated heterocycles. The molecule has 1 aromatic heterocycles. The molecule has 1 fully saturated rings. The number of carboxylic acids is 1. The SMILES string of the molecule is O=C(O)C[C@@H]1C[C@H]1c1cccnc1. The zero-order chi connectivity index (χ0) is 9.26. The first-order valence-electron chi connectivity index (χ1n) is 4.39. The molecular formula is C10H11NO2. The average molecular weight is 177 g/mol. The minimum Gasteiger partial charge on any atom is -0.481 e. The van der Waals surface area contributed by atoms with E-state index in [0.29, 0.717) is 18.3 Å². The Labute approximate surface area is 76.4 Å². The molecule has 2 rings (SSSR count). The molecule has 0 aromatic carbocycles. The van der Waals surface area contributed by atoms with Crippen molar-refractivity contribution in [2.24, 2.45) is 5.92 Å². The summed E-state index contributed by atoms with van der Waals surface area (Å²) in [6, 6.07) is 3.91. The molecule has 1 heterocycles. The Morgan fingerprint density at radius 1 is 1.69 bits per heavy atom. The van der Waals surface area contributed by atoms with Crippen LogP contribution in [0.3, 0.4) is 0 Å². The van der Waals surface area contributed by atoms with Crippen molar-refractivity contribution in [2.45, 2.75) is 18.8 Å². The van der Waals surface area contributed by atoms with E-state index in [9.17, 15) is 4.79 Å². The largest absolute Gasteiger partial charge is 0.481 e. The van der Waals surface area contributed by atoms with E-state index in [1.807, 2.05) is 18.3 Å². The van der Waals surface area contributed by atoms with Crippen molar-refractivity contribution in [3.05, 3.63) is 30.1 Å². The molecule has 0 bridgehead atoms. The number of pyridine rings is 1. The first kappa shape index (κ1) is 8.23. The van der Waals surface area contributed by atoms with Crippen molar-refractivity contribution in [1.82, 2.24) is 4.98 Å². The van der Waals surface area contributed by atoms with Gasteiger partial charge in [-0.1, -0.05) is 6.07 Å². The summed E-state index contributed by atoms with van der Waals surface area (Å²) in [4.78, 5) is 14.4. The molecule has 0 spiro atoms. The first-order valence-corrected chi connectivity index (χ1v) is 4.39. The summed E-state index contributed by atoms with van der Waals surface area (Å²) in [5.41, 5.74) is 1.17. The van der Waals surface area contributed by atoms with Crippen LogP contribution in [0.5, 0.6) is 0 Å². The predicted molar refractivity (Wildman–Crippen MR) is 47.3 cm³/mol. The number of hydrogen-bond acceptors (Lipinski definition) is 2. The molecule has 2 atom stereocenters. The van der Waals surface area contributed by atoms with Gasteiger partial charge in [-0.25, -0.2) is 0 Å². The molecule has 1 saturated carbocycles. The van der Waals surface area contributed by atoms with Crippen molar-refractivity contribution in [3.63, 3.8) is 0 Å². The monoisotopic (exact) mass is 177 g/mol. The standard InChI is InChI=1S/C10H11NO2/c12-10(13)5-8-4-9(8)7-2-1-3-11-6-7/h1-3,6,8-9H,4-5H2,(H,12,13)/t8-,9-/m0/s1. The van der Waals surface area contributed by atoms with Crippen molar-refractivity contribution in [3.8, 4) is 0 Å². The molecule has 0 amide bonds. The van der Waals surface area contributed by atoms with Crippen LogP contribution < -0.4 is 0 Å². The Kier molecular flexibility index (Phi) is 2.00. The van der Waals surface area contributed by atoms with E-state index in [1.165, 1.54) is 5.56 Å². The first-order chi connectivity index (χ1) is 6.27. The molecule has 1 aliphatic carbocycles. The maximum absolute atomic E-state index is 10.4. The molecule has 0 unspecified atom stereocenters. The fourth-order valence-corrected chi connectivity index (χ4v) is 1.70. The lowest BCUT2D eigenvalue weighted by molar-refractivity contribution is -0.137. The van der Waals surface area contributed by atoms with Crippen LogP contribution >= 0.6 is 0 Å². The van der Waals surface area contributed by atoms with E-state index in [2.05, 4.69) is 4.98 Å². The van der Waals surface area contributed by atoms with Gasteiger partial charge in [-0.3, -0.25) is 9.78 Å². The molecule has 1 aromatic rings. The van der Waals surface area contributed by atoms with E-state index < -0.39 is 5.97 Å². The van der Waals surface area contributed by atoms with Crippen LogP contribution in [-0.2, 0) is 4.79 Å². The molecule has 1 aliphatic rings. The highest BCUT2D eigenvalue weighted by molar-refractivity contribution is 5.67. The van der Waals surface area contributed by atoms with E-state index in [1.54, 1.807) is 6.20 Å². The molecule has 13 heavy (non-hydrogen) atoms.